The normalized spacial score (nSPS) is 18.8. The van der Waals surface area contributed by atoms with Crippen molar-refractivity contribution in [3.8, 4) is 0 Å². The van der Waals surface area contributed by atoms with E-state index in [4.69, 9.17) is 9.47 Å². The fraction of sp³-hybridized carbons (Fsp3) is 0.929. The summed E-state index contributed by atoms with van der Waals surface area (Å²) in [4.78, 5) is 4.28. The second-order valence-electron chi connectivity index (χ2n) is 5.34. The second-order valence-corrected chi connectivity index (χ2v) is 7.26. The number of hydrogen-bond acceptors (Lipinski definition) is 5. The maximum atomic E-state index is 12.0. The number of aliphatic imine (C=N–C) groups is 1. The predicted octanol–water partition coefficient (Wildman–Crippen LogP) is 0.294. The number of hydrogen-bond donors (Lipinski definition) is 3. The first-order valence-corrected chi connectivity index (χ1v) is 9.82. The number of halogens is 1. The molecule has 0 amide bonds. The highest BCUT2D eigenvalue weighted by molar-refractivity contribution is 14.0. The molecule has 1 aliphatic rings. The summed E-state index contributed by atoms with van der Waals surface area (Å²) in [5.74, 6) is 0.587. The van der Waals surface area contributed by atoms with E-state index in [9.17, 15) is 8.42 Å². The van der Waals surface area contributed by atoms with E-state index in [1.165, 1.54) is 0 Å². The van der Waals surface area contributed by atoms with Crippen molar-refractivity contribution in [3.63, 3.8) is 0 Å². The lowest BCUT2D eigenvalue weighted by molar-refractivity contribution is 0.0200. The van der Waals surface area contributed by atoms with Crippen LogP contribution in [-0.4, -0.2) is 72.7 Å². The standard InChI is InChI=1S/C14H30N4O4S.HI/c1-3-15-14(16-7-10-21-2)17-8-11-23(19,20)18-12-13-6-4-5-9-22-13;/h13,18H,3-12H2,1-2H3,(H2,15,16,17);1H. The summed E-state index contributed by atoms with van der Waals surface area (Å²) in [5, 5.41) is 6.07. The molecule has 1 rings (SSSR count). The molecule has 1 atom stereocenters. The molecule has 1 heterocycles. The smallest absolute Gasteiger partial charge is 0.213 e. The lowest BCUT2D eigenvalue weighted by atomic mass is 10.1. The van der Waals surface area contributed by atoms with Crippen LogP contribution in [0, 0.1) is 0 Å². The summed E-state index contributed by atoms with van der Waals surface area (Å²) in [7, 11) is -1.70. The van der Waals surface area contributed by atoms with Gasteiger partial charge in [-0.25, -0.2) is 13.1 Å². The molecule has 0 aromatic carbocycles. The Morgan fingerprint density at radius 2 is 2.12 bits per heavy atom. The number of sulfonamides is 1. The molecule has 0 aromatic rings. The largest absolute Gasteiger partial charge is 0.383 e. The molecule has 0 bridgehead atoms. The molecule has 24 heavy (non-hydrogen) atoms. The Bertz CT molecular complexity index is 442. The van der Waals surface area contributed by atoms with Gasteiger partial charge in [0, 0.05) is 33.4 Å². The Morgan fingerprint density at radius 1 is 1.33 bits per heavy atom. The average Bonchev–Trinajstić information content (AvgIpc) is 2.54. The van der Waals surface area contributed by atoms with Crippen molar-refractivity contribution in [2.75, 3.05) is 52.3 Å². The van der Waals surface area contributed by atoms with Gasteiger partial charge < -0.3 is 20.1 Å². The monoisotopic (exact) mass is 478 g/mol. The lowest BCUT2D eigenvalue weighted by Gasteiger charge is -2.22. The van der Waals surface area contributed by atoms with Crippen LogP contribution in [-0.2, 0) is 19.5 Å². The van der Waals surface area contributed by atoms with E-state index in [1.54, 1.807) is 7.11 Å². The number of guanidine groups is 1. The highest BCUT2D eigenvalue weighted by Gasteiger charge is 2.17. The minimum Gasteiger partial charge on any atom is -0.383 e. The van der Waals surface area contributed by atoms with Gasteiger partial charge in [-0.05, 0) is 26.2 Å². The van der Waals surface area contributed by atoms with Gasteiger partial charge >= 0.3 is 0 Å². The lowest BCUT2D eigenvalue weighted by Crippen LogP contribution is -2.42. The number of methoxy groups -OCH3 is 1. The molecular formula is C14H31IN4O4S. The van der Waals surface area contributed by atoms with E-state index in [0.29, 0.717) is 38.7 Å². The van der Waals surface area contributed by atoms with Crippen molar-refractivity contribution in [3.05, 3.63) is 0 Å². The molecule has 8 nitrogen and oxygen atoms in total. The molecule has 0 aliphatic carbocycles. The topological polar surface area (TPSA) is 101 Å². The van der Waals surface area contributed by atoms with Gasteiger partial charge in [0.05, 0.1) is 25.0 Å². The first-order valence-electron chi connectivity index (χ1n) is 8.17. The van der Waals surface area contributed by atoms with Crippen LogP contribution in [0.4, 0.5) is 0 Å². The van der Waals surface area contributed by atoms with Crippen molar-refractivity contribution in [2.45, 2.75) is 32.3 Å². The molecular weight excluding hydrogens is 447 g/mol. The Morgan fingerprint density at radius 3 is 2.75 bits per heavy atom. The minimum atomic E-state index is -3.32. The molecule has 0 saturated carbocycles. The minimum absolute atomic E-state index is 0. The van der Waals surface area contributed by atoms with Crippen molar-refractivity contribution in [2.24, 2.45) is 4.99 Å². The zero-order chi connectivity index (χ0) is 17.0. The van der Waals surface area contributed by atoms with E-state index >= 15 is 0 Å². The summed E-state index contributed by atoms with van der Waals surface area (Å²) in [6.07, 6.45) is 3.07. The summed E-state index contributed by atoms with van der Waals surface area (Å²) >= 11 is 0. The average molecular weight is 478 g/mol. The van der Waals surface area contributed by atoms with Gasteiger partial charge in [0.1, 0.15) is 0 Å². The highest BCUT2D eigenvalue weighted by Crippen LogP contribution is 2.11. The van der Waals surface area contributed by atoms with Crippen molar-refractivity contribution in [1.29, 1.82) is 0 Å². The highest BCUT2D eigenvalue weighted by atomic mass is 127. The number of nitrogens with one attached hydrogen (secondary N) is 3. The van der Waals surface area contributed by atoms with E-state index < -0.39 is 10.0 Å². The van der Waals surface area contributed by atoms with Crippen LogP contribution in [0.25, 0.3) is 0 Å². The van der Waals surface area contributed by atoms with Crippen molar-refractivity contribution < 1.29 is 17.9 Å². The third-order valence-electron chi connectivity index (χ3n) is 3.38. The molecule has 1 unspecified atom stereocenters. The number of nitrogens with zero attached hydrogens (tertiary/aromatic N) is 1. The first kappa shape index (κ1) is 23.8. The van der Waals surface area contributed by atoms with Crippen LogP contribution in [0.2, 0.25) is 0 Å². The van der Waals surface area contributed by atoms with Gasteiger partial charge in [-0.2, -0.15) is 0 Å². The zero-order valence-corrected chi connectivity index (χ0v) is 17.7. The van der Waals surface area contributed by atoms with Gasteiger partial charge in [-0.1, -0.05) is 0 Å². The van der Waals surface area contributed by atoms with Crippen molar-refractivity contribution >= 4 is 40.0 Å². The molecule has 1 saturated heterocycles. The molecule has 0 radical (unpaired) electrons. The van der Waals surface area contributed by atoms with E-state index in [-0.39, 0.29) is 35.8 Å². The molecule has 0 aromatic heterocycles. The zero-order valence-electron chi connectivity index (χ0n) is 14.5. The van der Waals surface area contributed by atoms with Gasteiger partial charge in [0.2, 0.25) is 10.0 Å². The van der Waals surface area contributed by atoms with E-state index in [2.05, 4.69) is 20.3 Å². The fourth-order valence-electron chi connectivity index (χ4n) is 2.15. The Kier molecular flexibility index (Phi) is 13.9. The van der Waals surface area contributed by atoms with Crippen molar-refractivity contribution in [1.82, 2.24) is 15.4 Å². The third kappa shape index (κ3) is 11.4. The summed E-state index contributed by atoms with van der Waals surface area (Å²) in [6, 6.07) is 0. The van der Waals surface area contributed by atoms with Crippen LogP contribution in [0.15, 0.2) is 4.99 Å². The Hall–Kier alpha value is -0.170. The third-order valence-corrected chi connectivity index (χ3v) is 4.73. The van der Waals surface area contributed by atoms with Gasteiger partial charge in [-0.3, -0.25) is 4.99 Å². The van der Waals surface area contributed by atoms with Crippen LogP contribution in [0.1, 0.15) is 26.2 Å². The Balaban J connectivity index is 0.00000529. The van der Waals surface area contributed by atoms with Crippen LogP contribution in [0.5, 0.6) is 0 Å². The van der Waals surface area contributed by atoms with Gasteiger partial charge in [0.25, 0.3) is 0 Å². The fourth-order valence-corrected chi connectivity index (χ4v) is 3.11. The molecule has 144 valence electrons. The van der Waals surface area contributed by atoms with Crippen LogP contribution >= 0.6 is 24.0 Å². The number of ether oxygens (including phenoxy) is 2. The summed E-state index contributed by atoms with van der Waals surface area (Å²) < 4.78 is 37.0. The predicted molar refractivity (Wildman–Crippen MR) is 107 cm³/mol. The molecule has 1 fully saturated rings. The van der Waals surface area contributed by atoms with Gasteiger partial charge in [-0.15, -0.1) is 24.0 Å². The van der Waals surface area contributed by atoms with Crippen LogP contribution in [0.3, 0.4) is 0 Å². The number of rotatable bonds is 10. The Labute approximate surface area is 162 Å². The molecule has 10 heteroatoms. The SMILES string of the molecule is CCNC(=NCCOC)NCCS(=O)(=O)NCC1CCCCO1.I. The van der Waals surface area contributed by atoms with E-state index in [1.807, 2.05) is 6.92 Å². The molecule has 0 spiro atoms. The molecule has 3 N–H and O–H groups in total. The van der Waals surface area contributed by atoms with E-state index in [0.717, 1.165) is 25.9 Å². The first-order chi connectivity index (χ1) is 11.1. The summed E-state index contributed by atoms with van der Waals surface area (Å²) in [5.41, 5.74) is 0. The molecule has 1 aliphatic heterocycles. The maximum Gasteiger partial charge on any atom is 0.213 e. The van der Waals surface area contributed by atoms with Gasteiger partial charge in [0.15, 0.2) is 5.96 Å². The second kappa shape index (κ2) is 14.0. The summed E-state index contributed by atoms with van der Waals surface area (Å²) in [6.45, 7) is 5.08. The maximum absolute atomic E-state index is 12.0. The quantitative estimate of drug-likeness (QED) is 0.181. The van der Waals surface area contributed by atoms with Crippen LogP contribution < -0.4 is 15.4 Å².